The second-order valence-corrected chi connectivity index (χ2v) is 6.28. The fourth-order valence-electron chi connectivity index (χ4n) is 2.37. The number of rotatable bonds is 4. The number of fused-ring (bicyclic) bond motifs is 1. The normalized spacial score (nSPS) is 11.0. The van der Waals surface area contributed by atoms with Crippen molar-refractivity contribution in [3.8, 4) is 0 Å². The monoisotopic (exact) mass is 318 g/mol. The third kappa shape index (κ3) is 2.96. The molecule has 0 fully saturated rings. The molecule has 5 heteroatoms. The molecule has 0 aliphatic carbocycles. The summed E-state index contributed by atoms with van der Waals surface area (Å²) in [6, 6.07) is 11.7. The summed E-state index contributed by atoms with van der Waals surface area (Å²) in [5.41, 5.74) is 2.92. The molecule has 0 aliphatic rings. The lowest BCUT2D eigenvalue weighted by Gasteiger charge is -2.07. The van der Waals surface area contributed by atoms with Gasteiger partial charge in [0.2, 0.25) is 0 Å². The summed E-state index contributed by atoms with van der Waals surface area (Å²) in [5, 5.41) is 5.72. The highest BCUT2D eigenvalue weighted by Gasteiger charge is 2.13. The molecule has 3 nitrogen and oxygen atoms in total. The zero-order valence-electron chi connectivity index (χ0n) is 11.6. The van der Waals surface area contributed by atoms with E-state index in [-0.39, 0.29) is 5.91 Å². The molecule has 108 valence electrons. The lowest BCUT2D eigenvalue weighted by Crippen LogP contribution is -2.27. The topological polar surface area (TPSA) is 34.0 Å². The van der Waals surface area contributed by atoms with Crippen LogP contribution >= 0.6 is 22.9 Å². The molecule has 0 radical (unpaired) electrons. The maximum Gasteiger partial charge on any atom is 0.267 e. The summed E-state index contributed by atoms with van der Waals surface area (Å²) >= 11 is 7.59. The van der Waals surface area contributed by atoms with Crippen molar-refractivity contribution < 1.29 is 4.79 Å². The van der Waals surface area contributed by atoms with E-state index in [4.69, 9.17) is 11.6 Å². The molecular weight excluding hydrogens is 304 g/mol. The van der Waals surface area contributed by atoms with E-state index in [1.54, 1.807) is 11.3 Å². The quantitative estimate of drug-likeness (QED) is 0.778. The Morgan fingerprint density at radius 3 is 2.95 bits per heavy atom. The van der Waals surface area contributed by atoms with Crippen molar-refractivity contribution >= 4 is 39.1 Å². The average molecular weight is 319 g/mol. The highest BCUT2D eigenvalue weighted by Crippen LogP contribution is 2.24. The number of carbonyl (C=O) groups excluding carboxylic acids is 1. The van der Waals surface area contributed by atoms with E-state index < -0.39 is 0 Å². The van der Waals surface area contributed by atoms with E-state index in [0.717, 1.165) is 27.2 Å². The van der Waals surface area contributed by atoms with E-state index in [1.165, 1.54) is 0 Å². The first-order chi connectivity index (χ1) is 10.1. The van der Waals surface area contributed by atoms with Crippen LogP contribution in [0.3, 0.4) is 0 Å². The Morgan fingerprint density at radius 1 is 1.33 bits per heavy atom. The van der Waals surface area contributed by atoms with Crippen LogP contribution in [0.25, 0.3) is 10.2 Å². The molecule has 2 heterocycles. The second kappa shape index (κ2) is 5.92. The Balaban J connectivity index is 1.64. The van der Waals surface area contributed by atoms with Crippen molar-refractivity contribution in [1.82, 2.24) is 9.88 Å². The molecule has 21 heavy (non-hydrogen) atoms. The maximum atomic E-state index is 12.2. The Kier molecular flexibility index (Phi) is 3.99. The van der Waals surface area contributed by atoms with Gasteiger partial charge >= 0.3 is 0 Å². The molecule has 0 spiro atoms. The van der Waals surface area contributed by atoms with Gasteiger partial charge in [-0.2, -0.15) is 0 Å². The first kappa shape index (κ1) is 14.2. The zero-order chi connectivity index (χ0) is 14.8. The van der Waals surface area contributed by atoms with E-state index in [0.29, 0.717) is 12.2 Å². The second-order valence-electron chi connectivity index (χ2n) is 4.89. The van der Waals surface area contributed by atoms with Crippen molar-refractivity contribution in [2.45, 2.75) is 6.42 Å². The zero-order valence-corrected chi connectivity index (χ0v) is 13.2. The lowest BCUT2D eigenvalue weighted by atomic mass is 10.1. The number of hydrogen-bond acceptors (Lipinski definition) is 2. The minimum absolute atomic E-state index is 0.0390. The fourth-order valence-corrected chi connectivity index (χ4v) is 3.43. The van der Waals surface area contributed by atoms with Crippen LogP contribution < -0.4 is 5.32 Å². The number of halogens is 1. The van der Waals surface area contributed by atoms with Gasteiger partial charge < -0.3 is 9.88 Å². The van der Waals surface area contributed by atoms with Crippen LogP contribution in [0.5, 0.6) is 0 Å². The number of benzene rings is 1. The molecule has 1 amide bonds. The SMILES string of the molecule is Cn1c(C(=O)NCCc2cccc(Cl)c2)cc2sccc21. The van der Waals surface area contributed by atoms with Crippen molar-refractivity contribution in [1.29, 1.82) is 0 Å². The first-order valence-electron chi connectivity index (χ1n) is 6.71. The van der Waals surface area contributed by atoms with Crippen molar-refractivity contribution in [2.24, 2.45) is 7.05 Å². The van der Waals surface area contributed by atoms with Gasteiger partial charge in [-0.05, 0) is 41.6 Å². The van der Waals surface area contributed by atoms with Gasteiger partial charge in [-0.1, -0.05) is 23.7 Å². The number of nitrogens with one attached hydrogen (secondary N) is 1. The Hall–Kier alpha value is -1.78. The Morgan fingerprint density at radius 2 is 2.19 bits per heavy atom. The van der Waals surface area contributed by atoms with Gasteiger partial charge in [-0.15, -0.1) is 11.3 Å². The Labute approximate surface area is 132 Å². The van der Waals surface area contributed by atoms with Gasteiger partial charge in [0.05, 0.1) is 10.2 Å². The summed E-state index contributed by atoms with van der Waals surface area (Å²) < 4.78 is 3.07. The summed E-state index contributed by atoms with van der Waals surface area (Å²) in [5.74, 6) is -0.0390. The third-order valence-corrected chi connectivity index (χ3v) is 4.57. The summed E-state index contributed by atoms with van der Waals surface area (Å²) in [7, 11) is 1.92. The molecule has 0 saturated carbocycles. The minimum atomic E-state index is -0.0390. The summed E-state index contributed by atoms with van der Waals surface area (Å²) in [6.07, 6.45) is 0.769. The molecule has 0 atom stereocenters. The predicted molar refractivity (Wildman–Crippen MR) is 88.3 cm³/mol. The van der Waals surface area contributed by atoms with Gasteiger partial charge in [-0.25, -0.2) is 0 Å². The van der Waals surface area contributed by atoms with E-state index in [1.807, 2.05) is 53.4 Å². The van der Waals surface area contributed by atoms with Crippen molar-refractivity contribution in [2.75, 3.05) is 6.54 Å². The molecule has 0 bridgehead atoms. The molecule has 3 aromatic rings. The number of thiophene rings is 1. The van der Waals surface area contributed by atoms with Crippen LogP contribution in [-0.4, -0.2) is 17.0 Å². The van der Waals surface area contributed by atoms with Crippen LogP contribution in [0.1, 0.15) is 16.1 Å². The standard InChI is InChI=1S/C16H15ClN2OS/c1-19-13-6-8-21-15(13)10-14(19)16(20)18-7-5-11-3-2-4-12(17)9-11/h2-4,6,8-10H,5,7H2,1H3,(H,18,20). The number of amides is 1. The van der Waals surface area contributed by atoms with Gasteiger partial charge in [-0.3, -0.25) is 4.79 Å². The molecule has 2 aromatic heterocycles. The highest BCUT2D eigenvalue weighted by atomic mass is 35.5. The molecular formula is C16H15ClN2OS. The Bertz CT molecular complexity index is 791. The molecule has 0 unspecified atom stereocenters. The van der Waals surface area contributed by atoms with Crippen LogP contribution in [0, 0.1) is 0 Å². The van der Waals surface area contributed by atoms with Gasteiger partial charge in [0.15, 0.2) is 0 Å². The molecule has 1 N–H and O–H groups in total. The smallest absolute Gasteiger partial charge is 0.267 e. The average Bonchev–Trinajstić information content (AvgIpc) is 3.02. The first-order valence-corrected chi connectivity index (χ1v) is 7.96. The minimum Gasteiger partial charge on any atom is -0.350 e. The summed E-state index contributed by atoms with van der Waals surface area (Å²) in [4.78, 5) is 12.2. The largest absolute Gasteiger partial charge is 0.350 e. The number of hydrogen-bond donors (Lipinski definition) is 1. The molecule has 3 rings (SSSR count). The fraction of sp³-hybridized carbons (Fsp3) is 0.188. The van der Waals surface area contributed by atoms with E-state index in [9.17, 15) is 4.79 Å². The number of nitrogens with zero attached hydrogens (tertiary/aromatic N) is 1. The van der Waals surface area contributed by atoms with Crippen LogP contribution in [0.15, 0.2) is 41.8 Å². The lowest BCUT2D eigenvalue weighted by molar-refractivity contribution is 0.0946. The van der Waals surface area contributed by atoms with E-state index >= 15 is 0 Å². The number of aromatic nitrogens is 1. The third-order valence-electron chi connectivity index (χ3n) is 3.48. The van der Waals surface area contributed by atoms with Gasteiger partial charge in [0, 0.05) is 18.6 Å². The van der Waals surface area contributed by atoms with Crippen LogP contribution in [0.2, 0.25) is 5.02 Å². The van der Waals surface area contributed by atoms with Crippen LogP contribution in [-0.2, 0) is 13.5 Å². The van der Waals surface area contributed by atoms with Crippen molar-refractivity contribution in [3.05, 3.63) is 58.1 Å². The molecule has 0 saturated heterocycles. The number of carbonyl (C=O) groups is 1. The molecule has 1 aromatic carbocycles. The predicted octanol–water partition coefficient (Wildman–Crippen LogP) is 3.87. The van der Waals surface area contributed by atoms with Crippen molar-refractivity contribution in [3.63, 3.8) is 0 Å². The highest BCUT2D eigenvalue weighted by molar-refractivity contribution is 7.17. The molecule has 0 aliphatic heterocycles. The number of aryl methyl sites for hydroxylation is 1. The van der Waals surface area contributed by atoms with Gasteiger partial charge in [0.25, 0.3) is 5.91 Å². The van der Waals surface area contributed by atoms with E-state index in [2.05, 4.69) is 5.32 Å². The maximum absolute atomic E-state index is 12.2. The summed E-state index contributed by atoms with van der Waals surface area (Å²) in [6.45, 7) is 0.595. The van der Waals surface area contributed by atoms with Gasteiger partial charge in [0.1, 0.15) is 5.69 Å². The van der Waals surface area contributed by atoms with Crippen LogP contribution in [0.4, 0.5) is 0 Å².